The van der Waals surface area contributed by atoms with E-state index in [-0.39, 0.29) is 40.8 Å². The number of amides is 4. The van der Waals surface area contributed by atoms with Gasteiger partial charge in [0.1, 0.15) is 18.1 Å². The minimum atomic E-state index is -5.19. The molecule has 2 N–H and O–H groups in total. The van der Waals surface area contributed by atoms with E-state index in [2.05, 4.69) is 10.3 Å². The number of piperidine rings is 1. The Labute approximate surface area is 223 Å². The van der Waals surface area contributed by atoms with Crippen molar-refractivity contribution in [2.24, 2.45) is 22.7 Å². The quantitative estimate of drug-likeness (QED) is 0.577. The summed E-state index contributed by atoms with van der Waals surface area (Å²) in [5.41, 5.74) is -0.291. The maximum absolute atomic E-state index is 13.7. The lowest BCUT2D eigenvalue weighted by Gasteiger charge is -2.37. The summed E-state index contributed by atoms with van der Waals surface area (Å²) in [5, 5.41) is 14.4. The van der Waals surface area contributed by atoms with E-state index >= 15 is 0 Å². The van der Waals surface area contributed by atoms with Crippen molar-refractivity contribution in [2.75, 3.05) is 13.6 Å². The van der Waals surface area contributed by atoms with Gasteiger partial charge in [0.25, 0.3) is 5.91 Å². The number of hydrogen-bond donors (Lipinski definition) is 2. The fourth-order valence-electron chi connectivity index (χ4n) is 5.89. The number of aromatic nitrogens is 1. The number of nitrogens with one attached hydrogen (secondary N) is 2. The fourth-order valence-corrected chi connectivity index (χ4v) is 5.89. The van der Waals surface area contributed by atoms with Gasteiger partial charge >= 0.3 is 12.1 Å². The minimum Gasteiger partial charge on any atom is -0.337 e. The van der Waals surface area contributed by atoms with Crippen molar-refractivity contribution in [3.05, 3.63) is 29.1 Å². The van der Waals surface area contributed by atoms with Gasteiger partial charge in [-0.1, -0.05) is 34.6 Å². The smallest absolute Gasteiger partial charge is 0.337 e. The molecule has 0 radical (unpaired) electrons. The molecular formula is C26H31F3N6O4. The zero-order valence-corrected chi connectivity index (χ0v) is 22.5. The van der Waals surface area contributed by atoms with Gasteiger partial charge in [-0.15, -0.1) is 0 Å². The maximum atomic E-state index is 13.7. The van der Waals surface area contributed by atoms with Crippen molar-refractivity contribution in [2.45, 2.75) is 65.5 Å². The highest BCUT2D eigenvalue weighted by molar-refractivity contribution is 6.00. The molecule has 3 heterocycles. The van der Waals surface area contributed by atoms with Crippen molar-refractivity contribution < 1.29 is 32.3 Å². The second-order valence-electron chi connectivity index (χ2n) is 12.2. The van der Waals surface area contributed by atoms with Gasteiger partial charge in [0.15, 0.2) is 0 Å². The molecule has 1 saturated heterocycles. The van der Waals surface area contributed by atoms with Crippen LogP contribution in [0.5, 0.6) is 0 Å². The van der Waals surface area contributed by atoms with E-state index in [9.17, 15) is 37.6 Å². The Morgan fingerprint density at radius 3 is 2.38 bits per heavy atom. The first-order chi connectivity index (χ1) is 17.9. The molecule has 5 atom stereocenters. The number of carbonyl (C=O) groups is 4. The molecule has 0 bridgehead atoms. The fraction of sp³-hybridized carbons (Fsp3) is 0.615. The Kier molecular flexibility index (Phi) is 6.68. The van der Waals surface area contributed by atoms with E-state index in [4.69, 9.17) is 0 Å². The van der Waals surface area contributed by atoms with Gasteiger partial charge in [0, 0.05) is 43.7 Å². The SMILES string of the molecule is CN1Cc2cncc(C(C#N)NC(=O)[C@@H]3[C@@H]4[C@H](CN3C(=O)[C@@H](NC(=O)C(F)(F)F)C(C)(C)C)C4(C)C)c2C1=O. The van der Waals surface area contributed by atoms with Crippen LogP contribution < -0.4 is 10.6 Å². The standard InChI is InChI=1S/C26H31F3N6O4/c1-24(2,3)19(33-23(39)26(27,28)29)22(38)35-11-14-17(25(14,4)5)18(35)20(36)32-15(7-30)13-9-31-8-12-10-34(6)21(37)16(12)13/h8-9,14-15,17-19H,10-11H2,1-6H3,(H,32,36)(H,33,39)/t14-,15?,17-,18-,19+/m0/s1. The van der Waals surface area contributed by atoms with Crippen LogP contribution in [0.4, 0.5) is 13.2 Å². The molecule has 1 saturated carbocycles. The molecule has 3 aliphatic rings. The van der Waals surface area contributed by atoms with Crippen molar-refractivity contribution in [1.29, 1.82) is 5.26 Å². The topological polar surface area (TPSA) is 136 Å². The molecule has 4 amide bonds. The Bertz CT molecular complexity index is 1280. The molecule has 10 nitrogen and oxygen atoms in total. The van der Waals surface area contributed by atoms with Crippen LogP contribution in [-0.2, 0) is 20.9 Å². The lowest BCUT2D eigenvalue weighted by Crippen LogP contribution is -2.60. The summed E-state index contributed by atoms with van der Waals surface area (Å²) in [5.74, 6) is -4.42. The summed E-state index contributed by atoms with van der Waals surface area (Å²) in [6.45, 7) is 8.84. The zero-order valence-electron chi connectivity index (χ0n) is 22.5. The Hall–Kier alpha value is -3.69. The van der Waals surface area contributed by atoms with Gasteiger partial charge in [-0.3, -0.25) is 24.2 Å². The molecule has 39 heavy (non-hydrogen) atoms. The molecular weight excluding hydrogens is 517 g/mol. The van der Waals surface area contributed by atoms with Gasteiger partial charge < -0.3 is 20.4 Å². The number of nitrogens with zero attached hydrogens (tertiary/aromatic N) is 4. The number of pyridine rings is 1. The minimum absolute atomic E-state index is 0.0884. The van der Waals surface area contributed by atoms with Crippen LogP contribution in [0.3, 0.4) is 0 Å². The lowest BCUT2D eigenvalue weighted by molar-refractivity contribution is -0.176. The van der Waals surface area contributed by atoms with Gasteiger partial charge in [-0.25, -0.2) is 0 Å². The van der Waals surface area contributed by atoms with Crippen LogP contribution in [-0.4, -0.2) is 70.3 Å². The number of hydrogen-bond acceptors (Lipinski definition) is 6. The molecule has 0 spiro atoms. The predicted octanol–water partition coefficient (Wildman–Crippen LogP) is 1.92. The molecule has 13 heteroatoms. The van der Waals surface area contributed by atoms with E-state index in [0.29, 0.717) is 12.1 Å². The van der Waals surface area contributed by atoms with Crippen LogP contribution in [0.1, 0.15) is 62.1 Å². The number of nitriles is 1. The molecule has 2 aliphatic heterocycles. The van der Waals surface area contributed by atoms with Crippen LogP contribution in [0.25, 0.3) is 0 Å². The Morgan fingerprint density at radius 1 is 1.18 bits per heavy atom. The highest BCUT2D eigenvalue weighted by Crippen LogP contribution is 2.65. The van der Waals surface area contributed by atoms with E-state index in [1.54, 1.807) is 7.05 Å². The Morgan fingerprint density at radius 2 is 1.82 bits per heavy atom. The van der Waals surface area contributed by atoms with E-state index in [1.807, 2.05) is 25.2 Å². The van der Waals surface area contributed by atoms with E-state index in [0.717, 1.165) is 0 Å². The summed E-state index contributed by atoms with van der Waals surface area (Å²) in [6.07, 6.45) is -2.33. The van der Waals surface area contributed by atoms with Crippen molar-refractivity contribution in [3.8, 4) is 6.07 Å². The molecule has 1 aliphatic carbocycles. The van der Waals surface area contributed by atoms with Crippen LogP contribution in [0.2, 0.25) is 0 Å². The third-order valence-electron chi connectivity index (χ3n) is 8.15. The second-order valence-corrected chi connectivity index (χ2v) is 12.2. The Balaban J connectivity index is 1.63. The van der Waals surface area contributed by atoms with Gasteiger partial charge in [0.05, 0.1) is 11.6 Å². The molecule has 1 unspecified atom stereocenters. The third-order valence-corrected chi connectivity index (χ3v) is 8.15. The van der Waals surface area contributed by atoms with Gasteiger partial charge in [0.2, 0.25) is 11.8 Å². The van der Waals surface area contributed by atoms with E-state index in [1.165, 1.54) is 43.0 Å². The third kappa shape index (κ3) is 4.81. The highest BCUT2D eigenvalue weighted by atomic mass is 19.4. The summed E-state index contributed by atoms with van der Waals surface area (Å²) < 4.78 is 39.1. The van der Waals surface area contributed by atoms with Crippen molar-refractivity contribution >= 4 is 23.6 Å². The summed E-state index contributed by atoms with van der Waals surface area (Å²) in [7, 11) is 1.60. The first kappa shape index (κ1) is 28.3. The average molecular weight is 549 g/mol. The van der Waals surface area contributed by atoms with Gasteiger partial charge in [-0.05, 0) is 22.7 Å². The monoisotopic (exact) mass is 548 g/mol. The highest BCUT2D eigenvalue weighted by Gasteiger charge is 2.70. The van der Waals surface area contributed by atoms with Gasteiger partial charge in [-0.2, -0.15) is 18.4 Å². The number of alkyl halides is 3. The predicted molar refractivity (Wildman–Crippen MR) is 130 cm³/mol. The average Bonchev–Trinajstić information content (AvgIpc) is 3.13. The van der Waals surface area contributed by atoms with Crippen LogP contribution >= 0.6 is 0 Å². The molecule has 2 fully saturated rings. The summed E-state index contributed by atoms with van der Waals surface area (Å²) in [4.78, 5) is 58.6. The molecule has 210 valence electrons. The number of carbonyl (C=O) groups excluding carboxylic acids is 4. The second kappa shape index (κ2) is 9.20. The lowest BCUT2D eigenvalue weighted by atomic mass is 9.85. The molecule has 4 rings (SSSR count). The molecule has 0 aromatic carbocycles. The van der Waals surface area contributed by atoms with E-state index < -0.39 is 47.4 Å². The number of rotatable bonds is 5. The van der Waals surface area contributed by atoms with Crippen molar-refractivity contribution in [3.63, 3.8) is 0 Å². The molecule has 1 aromatic heterocycles. The van der Waals surface area contributed by atoms with Crippen LogP contribution in [0.15, 0.2) is 12.4 Å². The molecule has 1 aromatic rings. The maximum Gasteiger partial charge on any atom is 0.471 e. The number of fused-ring (bicyclic) bond motifs is 2. The van der Waals surface area contributed by atoms with Crippen molar-refractivity contribution in [1.82, 2.24) is 25.4 Å². The van der Waals surface area contributed by atoms with Crippen LogP contribution in [0, 0.1) is 34.0 Å². The number of halogens is 3. The summed E-state index contributed by atoms with van der Waals surface area (Å²) in [6, 6.07) is -1.89. The number of likely N-dealkylation sites (tertiary alicyclic amines) is 1. The zero-order chi connectivity index (χ0) is 29.2. The first-order valence-corrected chi connectivity index (χ1v) is 12.5. The summed E-state index contributed by atoms with van der Waals surface area (Å²) >= 11 is 0. The first-order valence-electron chi connectivity index (χ1n) is 12.5. The largest absolute Gasteiger partial charge is 0.471 e. The normalized spacial score (nSPS) is 24.8.